The summed E-state index contributed by atoms with van der Waals surface area (Å²) in [4.78, 5) is 13.8. The maximum atomic E-state index is 13.0. The molecule has 0 amide bonds. The Bertz CT molecular complexity index is 401. The Morgan fingerprint density at radius 1 is 1.33 bits per heavy atom. The Hall–Kier alpha value is -1.22. The lowest BCUT2D eigenvalue weighted by atomic mass is 9.98. The molecule has 0 saturated carbocycles. The van der Waals surface area contributed by atoms with Gasteiger partial charge in [-0.25, -0.2) is 4.39 Å². The number of ketones is 1. The van der Waals surface area contributed by atoms with Crippen LogP contribution in [0.1, 0.15) is 29.8 Å². The van der Waals surface area contributed by atoms with Gasteiger partial charge in [0.25, 0.3) is 0 Å². The van der Waals surface area contributed by atoms with Gasteiger partial charge in [0, 0.05) is 18.2 Å². The predicted molar refractivity (Wildman–Crippen MR) is 56.3 cm³/mol. The first-order chi connectivity index (χ1) is 7.08. The van der Waals surface area contributed by atoms with Crippen LogP contribution in [0.2, 0.25) is 0 Å². The summed E-state index contributed by atoms with van der Waals surface area (Å²) in [5, 5.41) is 0. The van der Waals surface area contributed by atoms with Crippen LogP contribution < -0.4 is 0 Å². The molecular weight excluding hydrogens is 193 g/mol. The van der Waals surface area contributed by atoms with Crippen molar-refractivity contribution in [2.45, 2.75) is 26.4 Å². The fraction of sp³-hybridized carbons (Fsp3) is 0.417. The highest BCUT2D eigenvalue weighted by atomic mass is 19.1. The summed E-state index contributed by atoms with van der Waals surface area (Å²) in [5.74, 6) is -0.183. The van der Waals surface area contributed by atoms with Gasteiger partial charge in [-0.3, -0.25) is 9.69 Å². The molecule has 1 aromatic rings. The third-order valence-corrected chi connectivity index (χ3v) is 2.82. The minimum Gasteiger partial charge on any atom is -0.293 e. The quantitative estimate of drug-likeness (QED) is 0.703. The number of rotatable bonds is 1. The highest BCUT2D eigenvalue weighted by molar-refractivity contribution is 5.99. The highest BCUT2D eigenvalue weighted by Crippen LogP contribution is 2.21. The summed E-state index contributed by atoms with van der Waals surface area (Å²) in [6, 6.07) is 4.71. The van der Waals surface area contributed by atoms with Crippen molar-refractivity contribution < 1.29 is 9.18 Å². The van der Waals surface area contributed by atoms with E-state index in [9.17, 15) is 9.18 Å². The smallest absolute Gasteiger partial charge is 0.177 e. The molecule has 0 radical (unpaired) electrons. The topological polar surface area (TPSA) is 20.3 Å². The van der Waals surface area contributed by atoms with Gasteiger partial charge in [-0.2, -0.15) is 0 Å². The summed E-state index contributed by atoms with van der Waals surface area (Å²) >= 11 is 0. The molecule has 1 heterocycles. The lowest BCUT2D eigenvalue weighted by Crippen LogP contribution is -2.39. The van der Waals surface area contributed by atoms with E-state index in [0.717, 1.165) is 5.56 Å². The van der Waals surface area contributed by atoms with Crippen LogP contribution in [0, 0.1) is 5.82 Å². The van der Waals surface area contributed by atoms with Gasteiger partial charge in [0.2, 0.25) is 0 Å². The number of fused-ring (bicyclic) bond motifs is 1. The van der Waals surface area contributed by atoms with E-state index in [1.54, 1.807) is 6.07 Å². The maximum absolute atomic E-state index is 13.0. The average Bonchev–Trinajstić information content (AvgIpc) is 2.16. The second-order valence-corrected chi connectivity index (χ2v) is 4.22. The normalized spacial score (nSPS) is 16.9. The first kappa shape index (κ1) is 10.3. The van der Waals surface area contributed by atoms with Crippen molar-refractivity contribution in [1.29, 1.82) is 0 Å². The zero-order valence-electron chi connectivity index (χ0n) is 8.96. The fourth-order valence-electron chi connectivity index (χ4n) is 1.87. The van der Waals surface area contributed by atoms with E-state index in [0.29, 0.717) is 24.7 Å². The lowest BCUT2D eigenvalue weighted by molar-refractivity contribution is 0.0867. The van der Waals surface area contributed by atoms with Crippen molar-refractivity contribution in [2.24, 2.45) is 0 Å². The average molecular weight is 207 g/mol. The van der Waals surface area contributed by atoms with Crippen LogP contribution in [0.3, 0.4) is 0 Å². The number of carbonyl (C=O) groups is 1. The highest BCUT2D eigenvalue weighted by Gasteiger charge is 2.24. The molecule has 0 fully saturated rings. The summed E-state index contributed by atoms with van der Waals surface area (Å²) in [5.41, 5.74) is 1.48. The molecule has 3 heteroatoms. The largest absolute Gasteiger partial charge is 0.293 e. The molecule has 0 aliphatic carbocycles. The first-order valence-corrected chi connectivity index (χ1v) is 5.13. The third kappa shape index (κ3) is 1.92. The second-order valence-electron chi connectivity index (χ2n) is 4.22. The summed E-state index contributed by atoms with van der Waals surface area (Å²) in [6.45, 7) is 5.18. The van der Waals surface area contributed by atoms with E-state index in [1.165, 1.54) is 12.1 Å². The summed E-state index contributed by atoms with van der Waals surface area (Å²) in [7, 11) is 0. The van der Waals surface area contributed by atoms with Crippen molar-refractivity contribution >= 4 is 5.78 Å². The van der Waals surface area contributed by atoms with Crippen molar-refractivity contribution in [1.82, 2.24) is 4.90 Å². The molecule has 0 bridgehead atoms. The van der Waals surface area contributed by atoms with Crippen LogP contribution in [-0.2, 0) is 6.54 Å². The molecular formula is C12H14FNO. The van der Waals surface area contributed by atoms with Gasteiger partial charge >= 0.3 is 0 Å². The Kier molecular flexibility index (Phi) is 2.57. The summed E-state index contributed by atoms with van der Waals surface area (Å²) < 4.78 is 13.0. The number of Topliss-reactive ketones (excluding diaryl/α,β-unsaturated/α-hetero) is 1. The molecule has 0 saturated heterocycles. The van der Waals surface area contributed by atoms with Gasteiger partial charge in [0.05, 0.1) is 6.54 Å². The number of hydrogen-bond donors (Lipinski definition) is 0. The monoisotopic (exact) mass is 207 g/mol. The van der Waals surface area contributed by atoms with Crippen LogP contribution in [-0.4, -0.2) is 23.3 Å². The molecule has 1 aliphatic rings. The fourth-order valence-corrected chi connectivity index (χ4v) is 1.87. The van der Waals surface area contributed by atoms with Crippen molar-refractivity contribution in [3.05, 3.63) is 35.1 Å². The van der Waals surface area contributed by atoms with Crippen LogP contribution >= 0.6 is 0 Å². The van der Waals surface area contributed by atoms with Crippen molar-refractivity contribution in [3.8, 4) is 0 Å². The molecule has 0 aromatic heterocycles. The minimum absolute atomic E-state index is 0.0879. The molecule has 80 valence electrons. The molecule has 1 aromatic carbocycles. The second kappa shape index (κ2) is 3.74. The Morgan fingerprint density at radius 3 is 2.73 bits per heavy atom. The number of halogens is 1. The zero-order valence-corrected chi connectivity index (χ0v) is 8.96. The molecule has 2 rings (SSSR count). The molecule has 0 unspecified atom stereocenters. The number of hydrogen-bond acceptors (Lipinski definition) is 2. The van der Waals surface area contributed by atoms with Crippen LogP contribution in [0.4, 0.5) is 4.39 Å². The van der Waals surface area contributed by atoms with Crippen LogP contribution in [0.5, 0.6) is 0 Å². The Balaban J connectivity index is 2.37. The van der Waals surface area contributed by atoms with E-state index in [-0.39, 0.29) is 11.6 Å². The molecule has 2 nitrogen and oxygen atoms in total. The van der Waals surface area contributed by atoms with E-state index in [2.05, 4.69) is 0 Å². The van der Waals surface area contributed by atoms with Crippen LogP contribution in [0.25, 0.3) is 0 Å². The van der Waals surface area contributed by atoms with Crippen molar-refractivity contribution in [2.75, 3.05) is 6.54 Å². The summed E-state index contributed by atoms with van der Waals surface area (Å²) in [6.07, 6.45) is 0. The van der Waals surface area contributed by atoms with Crippen molar-refractivity contribution in [3.63, 3.8) is 0 Å². The molecule has 0 N–H and O–H groups in total. The standard InChI is InChI=1S/C12H14FNO/c1-8(2)14-6-9-5-10(13)3-4-11(9)12(15)7-14/h3-5,8H,6-7H2,1-2H3. The predicted octanol–water partition coefficient (Wildman–Crippen LogP) is 2.23. The van der Waals surface area contributed by atoms with Gasteiger partial charge in [-0.05, 0) is 37.6 Å². The van der Waals surface area contributed by atoms with E-state index in [4.69, 9.17) is 0 Å². The maximum Gasteiger partial charge on any atom is 0.177 e. The number of benzene rings is 1. The Labute approximate surface area is 88.7 Å². The molecule has 0 atom stereocenters. The zero-order chi connectivity index (χ0) is 11.0. The molecule has 0 spiro atoms. The lowest BCUT2D eigenvalue weighted by Gasteiger charge is -2.30. The number of carbonyl (C=O) groups excluding carboxylic acids is 1. The Morgan fingerprint density at radius 2 is 2.07 bits per heavy atom. The van der Waals surface area contributed by atoms with Gasteiger partial charge in [-0.1, -0.05) is 0 Å². The number of nitrogens with zero attached hydrogens (tertiary/aromatic N) is 1. The van der Waals surface area contributed by atoms with E-state index >= 15 is 0 Å². The molecule has 1 aliphatic heterocycles. The third-order valence-electron chi connectivity index (χ3n) is 2.82. The SMILES string of the molecule is CC(C)N1CC(=O)c2ccc(F)cc2C1. The first-order valence-electron chi connectivity index (χ1n) is 5.13. The van der Waals surface area contributed by atoms with E-state index in [1.807, 2.05) is 18.7 Å². The van der Waals surface area contributed by atoms with Gasteiger partial charge in [-0.15, -0.1) is 0 Å². The van der Waals surface area contributed by atoms with Crippen LogP contribution in [0.15, 0.2) is 18.2 Å². The molecule has 15 heavy (non-hydrogen) atoms. The van der Waals surface area contributed by atoms with Gasteiger partial charge < -0.3 is 0 Å². The van der Waals surface area contributed by atoms with Gasteiger partial charge in [0.1, 0.15) is 5.82 Å². The van der Waals surface area contributed by atoms with E-state index < -0.39 is 0 Å². The minimum atomic E-state index is -0.271. The van der Waals surface area contributed by atoms with Gasteiger partial charge in [0.15, 0.2) is 5.78 Å².